The van der Waals surface area contributed by atoms with Gasteiger partial charge in [0.1, 0.15) is 5.75 Å². The number of hydrogen-bond donors (Lipinski definition) is 2. The van der Waals surface area contributed by atoms with Gasteiger partial charge in [-0.1, -0.05) is 6.07 Å². The summed E-state index contributed by atoms with van der Waals surface area (Å²) in [5, 5.41) is 8.91. The van der Waals surface area contributed by atoms with Crippen molar-refractivity contribution in [3.8, 4) is 5.75 Å². The smallest absolute Gasteiger partial charge is 0.222 e. The van der Waals surface area contributed by atoms with Gasteiger partial charge in [-0.3, -0.25) is 9.79 Å². The van der Waals surface area contributed by atoms with Crippen molar-refractivity contribution in [3.63, 3.8) is 0 Å². The lowest BCUT2D eigenvalue weighted by Crippen LogP contribution is -2.33. The molecule has 0 bridgehead atoms. The van der Waals surface area contributed by atoms with E-state index in [0.29, 0.717) is 13.0 Å². The second kappa shape index (κ2) is 11.6. The van der Waals surface area contributed by atoms with Gasteiger partial charge in [-0.15, -0.1) is 11.3 Å². The van der Waals surface area contributed by atoms with Gasteiger partial charge in [-0.05, 0) is 68.8 Å². The molecule has 1 aromatic heterocycles. The third-order valence-corrected chi connectivity index (χ3v) is 5.70. The number of ether oxygens (including phenoxy) is 1. The number of anilines is 1. The van der Waals surface area contributed by atoms with E-state index in [2.05, 4.69) is 28.1 Å². The molecule has 162 valence electrons. The van der Waals surface area contributed by atoms with Crippen LogP contribution in [0.25, 0.3) is 0 Å². The van der Waals surface area contributed by atoms with Crippen LogP contribution in [0.15, 0.2) is 46.8 Å². The predicted octanol–water partition coefficient (Wildman–Crippen LogP) is 4.15. The van der Waals surface area contributed by atoms with Crippen LogP contribution in [0.3, 0.4) is 0 Å². The minimum atomic E-state index is 0.155. The summed E-state index contributed by atoms with van der Waals surface area (Å²) < 4.78 is 5.71. The van der Waals surface area contributed by atoms with E-state index < -0.39 is 0 Å². The topological polar surface area (TPSA) is 66.0 Å². The summed E-state index contributed by atoms with van der Waals surface area (Å²) in [5.74, 6) is 1.89. The first-order chi connectivity index (χ1) is 14.6. The molecule has 0 spiro atoms. The van der Waals surface area contributed by atoms with Gasteiger partial charge < -0.3 is 20.3 Å². The van der Waals surface area contributed by atoms with E-state index >= 15 is 0 Å². The van der Waals surface area contributed by atoms with Crippen LogP contribution in [0, 0.1) is 0 Å². The number of nitrogens with one attached hydrogen (secondary N) is 2. The molecule has 0 saturated carbocycles. The fraction of sp³-hybridized carbons (Fsp3) is 0.478. The first-order valence-corrected chi connectivity index (χ1v) is 11.6. The number of carbonyl (C=O) groups excluding carboxylic acids is 1. The Morgan fingerprint density at radius 2 is 2.10 bits per heavy atom. The van der Waals surface area contributed by atoms with Crippen molar-refractivity contribution in [3.05, 3.63) is 46.7 Å². The molecule has 3 rings (SSSR count). The SMILES string of the molecule is CC(C)Oc1ccc(NC(=NCCCN2CCCC2=O)NCCc2cccs2)cc1. The molecule has 0 aliphatic carbocycles. The second-order valence-corrected chi connectivity index (χ2v) is 8.67. The van der Waals surface area contributed by atoms with Crippen molar-refractivity contribution in [2.75, 3.05) is 31.5 Å². The number of thiophene rings is 1. The number of nitrogens with zero attached hydrogens (tertiary/aromatic N) is 2. The summed E-state index contributed by atoms with van der Waals surface area (Å²) in [6, 6.07) is 12.1. The van der Waals surface area contributed by atoms with Crippen LogP contribution in [-0.4, -0.2) is 49.0 Å². The lowest BCUT2D eigenvalue weighted by atomic mass is 10.3. The van der Waals surface area contributed by atoms with Crippen molar-refractivity contribution in [1.82, 2.24) is 10.2 Å². The number of benzene rings is 1. The first-order valence-electron chi connectivity index (χ1n) is 10.7. The van der Waals surface area contributed by atoms with Crippen LogP contribution >= 0.6 is 11.3 Å². The average Bonchev–Trinajstić information content (AvgIpc) is 3.38. The van der Waals surface area contributed by atoms with Gasteiger partial charge in [0.25, 0.3) is 0 Å². The molecule has 0 radical (unpaired) electrons. The van der Waals surface area contributed by atoms with Crippen LogP contribution in [-0.2, 0) is 11.2 Å². The van der Waals surface area contributed by atoms with Gasteiger partial charge in [0.15, 0.2) is 5.96 Å². The zero-order valence-corrected chi connectivity index (χ0v) is 18.7. The molecule has 7 heteroatoms. The third kappa shape index (κ3) is 7.37. The molecule has 1 amide bonds. The summed E-state index contributed by atoms with van der Waals surface area (Å²) in [6.45, 7) is 7.19. The fourth-order valence-electron chi connectivity index (χ4n) is 3.32. The van der Waals surface area contributed by atoms with Gasteiger partial charge in [-0.25, -0.2) is 0 Å². The average molecular weight is 429 g/mol. The van der Waals surface area contributed by atoms with Crippen molar-refractivity contribution in [2.45, 2.75) is 45.6 Å². The van der Waals surface area contributed by atoms with E-state index in [1.165, 1.54) is 4.88 Å². The molecule has 1 aliphatic heterocycles. The van der Waals surface area contributed by atoms with Gasteiger partial charge in [0.2, 0.25) is 5.91 Å². The highest BCUT2D eigenvalue weighted by atomic mass is 32.1. The zero-order chi connectivity index (χ0) is 21.2. The third-order valence-electron chi connectivity index (χ3n) is 4.76. The Morgan fingerprint density at radius 3 is 2.77 bits per heavy atom. The molecule has 30 heavy (non-hydrogen) atoms. The summed E-state index contributed by atoms with van der Waals surface area (Å²) >= 11 is 1.77. The van der Waals surface area contributed by atoms with Crippen molar-refractivity contribution in [1.29, 1.82) is 0 Å². The maximum Gasteiger partial charge on any atom is 0.222 e. The van der Waals surface area contributed by atoms with Crippen molar-refractivity contribution in [2.24, 2.45) is 4.99 Å². The maximum absolute atomic E-state index is 11.7. The number of guanidine groups is 1. The lowest BCUT2D eigenvalue weighted by molar-refractivity contribution is -0.127. The second-order valence-electron chi connectivity index (χ2n) is 7.64. The molecule has 1 aromatic carbocycles. The zero-order valence-electron chi connectivity index (χ0n) is 17.9. The molecular weight excluding hydrogens is 396 g/mol. The monoisotopic (exact) mass is 428 g/mol. The molecule has 0 unspecified atom stereocenters. The molecule has 2 heterocycles. The number of amides is 1. The molecule has 2 aromatic rings. The van der Waals surface area contributed by atoms with E-state index in [9.17, 15) is 4.79 Å². The highest BCUT2D eigenvalue weighted by Crippen LogP contribution is 2.17. The number of rotatable bonds is 10. The molecule has 0 atom stereocenters. The Hall–Kier alpha value is -2.54. The van der Waals surface area contributed by atoms with Crippen molar-refractivity contribution < 1.29 is 9.53 Å². The molecular formula is C23H32N4O2S. The van der Waals surface area contributed by atoms with E-state index in [1.807, 2.05) is 43.0 Å². The number of aliphatic imine (C=N–C) groups is 1. The highest BCUT2D eigenvalue weighted by molar-refractivity contribution is 7.09. The van der Waals surface area contributed by atoms with Gasteiger partial charge in [-0.2, -0.15) is 0 Å². The van der Waals surface area contributed by atoms with E-state index in [4.69, 9.17) is 9.73 Å². The molecule has 1 fully saturated rings. The number of hydrogen-bond acceptors (Lipinski definition) is 4. The Bertz CT molecular complexity index is 803. The molecule has 1 saturated heterocycles. The van der Waals surface area contributed by atoms with Crippen LogP contribution < -0.4 is 15.4 Å². The standard InChI is InChI=1S/C23H32N4O2S/c1-18(2)29-20-10-8-19(9-11-20)26-23(25-14-12-21-6-4-17-30-21)24-13-5-16-27-15-3-7-22(27)28/h4,6,8-11,17-18H,3,5,7,12-16H2,1-2H3,(H2,24,25,26). The van der Waals surface area contributed by atoms with E-state index in [-0.39, 0.29) is 12.0 Å². The molecule has 1 aliphatic rings. The quantitative estimate of drug-likeness (QED) is 0.339. The van der Waals surface area contributed by atoms with E-state index in [0.717, 1.165) is 56.3 Å². The van der Waals surface area contributed by atoms with Crippen LogP contribution in [0.2, 0.25) is 0 Å². The Balaban J connectivity index is 1.53. The number of likely N-dealkylation sites (tertiary alicyclic amines) is 1. The van der Waals surface area contributed by atoms with Gasteiger partial charge in [0.05, 0.1) is 6.10 Å². The van der Waals surface area contributed by atoms with Crippen LogP contribution in [0.1, 0.15) is 38.0 Å². The Labute approximate surface area is 183 Å². The largest absolute Gasteiger partial charge is 0.491 e. The normalized spacial score (nSPS) is 14.4. The van der Waals surface area contributed by atoms with Gasteiger partial charge >= 0.3 is 0 Å². The maximum atomic E-state index is 11.7. The van der Waals surface area contributed by atoms with Crippen LogP contribution in [0.5, 0.6) is 5.75 Å². The fourth-order valence-corrected chi connectivity index (χ4v) is 4.03. The Morgan fingerprint density at radius 1 is 1.27 bits per heavy atom. The molecule has 6 nitrogen and oxygen atoms in total. The molecule has 2 N–H and O–H groups in total. The summed E-state index contributed by atoms with van der Waals surface area (Å²) in [6.07, 6.45) is 3.65. The van der Waals surface area contributed by atoms with Crippen molar-refractivity contribution >= 4 is 28.9 Å². The minimum absolute atomic E-state index is 0.155. The summed E-state index contributed by atoms with van der Waals surface area (Å²) in [4.78, 5) is 19.8. The number of carbonyl (C=O) groups is 1. The first kappa shape index (κ1) is 22.2. The highest BCUT2D eigenvalue weighted by Gasteiger charge is 2.18. The Kier molecular flexibility index (Phi) is 8.56. The summed E-state index contributed by atoms with van der Waals surface area (Å²) in [7, 11) is 0. The predicted molar refractivity (Wildman–Crippen MR) is 125 cm³/mol. The van der Waals surface area contributed by atoms with E-state index in [1.54, 1.807) is 11.3 Å². The van der Waals surface area contributed by atoms with Crippen LogP contribution in [0.4, 0.5) is 5.69 Å². The minimum Gasteiger partial charge on any atom is -0.491 e. The van der Waals surface area contributed by atoms with Gasteiger partial charge in [0, 0.05) is 43.2 Å². The summed E-state index contributed by atoms with van der Waals surface area (Å²) in [5.41, 5.74) is 0.961. The lowest BCUT2D eigenvalue weighted by Gasteiger charge is -2.16.